The third-order valence-corrected chi connectivity index (χ3v) is 3.08. The van der Waals surface area contributed by atoms with Crippen LogP contribution in [-0.4, -0.2) is 4.98 Å². The van der Waals surface area contributed by atoms with E-state index < -0.39 is 17.2 Å². The van der Waals surface area contributed by atoms with Crippen LogP contribution >= 0.6 is 11.6 Å². The van der Waals surface area contributed by atoms with Crippen molar-refractivity contribution in [1.29, 1.82) is 0 Å². The first-order valence-electron chi connectivity index (χ1n) is 5.27. The number of hydrogen-bond donors (Lipinski definition) is 1. The first kappa shape index (κ1) is 12.9. The highest BCUT2D eigenvalue weighted by atomic mass is 35.5. The van der Waals surface area contributed by atoms with Gasteiger partial charge in [-0.15, -0.1) is 0 Å². The number of nitrogens with two attached hydrogens (primary N) is 1. The number of rotatable bonds is 2. The van der Waals surface area contributed by atoms with Gasteiger partial charge in [-0.1, -0.05) is 11.6 Å². The number of pyridine rings is 1. The van der Waals surface area contributed by atoms with E-state index >= 15 is 0 Å². The molecule has 0 saturated heterocycles. The molecule has 0 aliphatic heterocycles. The molecule has 0 aliphatic rings. The van der Waals surface area contributed by atoms with Gasteiger partial charge < -0.3 is 5.73 Å². The van der Waals surface area contributed by atoms with Crippen molar-refractivity contribution in [3.8, 4) is 0 Å². The molecule has 0 saturated carbocycles. The van der Waals surface area contributed by atoms with Crippen molar-refractivity contribution >= 4 is 11.6 Å². The van der Waals surface area contributed by atoms with Crippen molar-refractivity contribution in [2.45, 2.75) is 12.5 Å². The topological polar surface area (TPSA) is 38.9 Å². The van der Waals surface area contributed by atoms with E-state index in [9.17, 15) is 8.78 Å². The van der Waals surface area contributed by atoms with Gasteiger partial charge in [0, 0.05) is 5.02 Å². The maximum atomic E-state index is 13.3. The minimum absolute atomic E-state index is 0.340. The molecule has 0 aliphatic carbocycles. The zero-order valence-electron chi connectivity index (χ0n) is 9.62. The lowest BCUT2D eigenvalue weighted by molar-refractivity contribution is 0.558. The molecule has 2 N–H and O–H groups in total. The van der Waals surface area contributed by atoms with Gasteiger partial charge in [-0.05, 0) is 42.8 Å². The van der Waals surface area contributed by atoms with Crippen LogP contribution < -0.4 is 5.73 Å². The van der Waals surface area contributed by atoms with E-state index in [4.69, 9.17) is 17.3 Å². The predicted octanol–water partition coefficient (Wildman–Crippen LogP) is 3.24. The highest BCUT2D eigenvalue weighted by Crippen LogP contribution is 2.31. The monoisotopic (exact) mass is 268 g/mol. The summed E-state index contributed by atoms with van der Waals surface area (Å²) in [4.78, 5) is 3.92. The Labute approximate surface area is 108 Å². The van der Waals surface area contributed by atoms with Crippen LogP contribution in [-0.2, 0) is 5.54 Å². The van der Waals surface area contributed by atoms with E-state index in [-0.39, 0.29) is 0 Å². The average Bonchev–Trinajstić information content (AvgIpc) is 2.32. The van der Waals surface area contributed by atoms with Crippen LogP contribution in [0.15, 0.2) is 36.5 Å². The van der Waals surface area contributed by atoms with E-state index in [0.717, 1.165) is 6.20 Å². The third-order valence-electron chi connectivity index (χ3n) is 2.75. The van der Waals surface area contributed by atoms with Crippen LogP contribution in [0.3, 0.4) is 0 Å². The fourth-order valence-corrected chi connectivity index (χ4v) is 2.03. The molecule has 18 heavy (non-hydrogen) atoms. The Morgan fingerprint density at radius 1 is 1.17 bits per heavy atom. The molecule has 2 aromatic rings. The quantitative estimate of drug-likeness (QED) is 0.908. The second-order valence-electron chi connectivity index (χ2n) is 4.19. The van der Waals surface area contributed by atoms with Crippen molar-refractivity contribution in [3.63, 3.8) is 0 Å². The van der Waals surface area contributed by atoms with Gasteiger partial charge in [0.15, 0.2) is 0 Å². The van der Waals surface area contributed by atoms with Gasteiger partial charge in [-0.3, -0.25) is 4.98 Å². The Hall–Kier alpha value is -1.52. The summed E-state index contributed by atoms with van der Waals surface area (Å²) >= 11 is 6.01. The second kappa shape index (κ2) is 4.63. The summed E-state index contributed by atoms with van der Waals surface area (Å²) in [6.45, 7) is 1.65. The molecule has 1 aromatic carbocycles. The summed E-state index contributed by atoms with van der Waals surface area (Å²) in [6, 6.07) is 6.64. The van der Waals surface area contributed by atoms with E-state index in [1.165, 1.54) is 30.3 Å². The van der Waals surface area contributed by atoms with Gasteiger partial charge in [0.2, 0.25) is 0 Å². The highest BCUT2D eigenvalue weighted by molar-refractivity contribution is 6.31. The third kappa shape index (κ3) is 2.35. The standard InChI is InChI=1S/C13H11ClF2N2/c1-13(17,12-5-3-9(16)7-18-12)10-6-8(15)2-4-11(10)14/h2-7H,17H2,1H3. The minimum Gasteiger partial charge on any atom is -0.317 e. The highest BCUT2D eigenvalue weighted by Gasteiger charge is 2.28. The fraction of sp³-hybridized carbons (Fsp3) is 0.154. The number of nitrogens with zero attached hydrogens (tertiary/aromatic N) is 1. The van der Waals surface area contributed by atoms with E-state index in [1.54, 1.807) is 6.92 Å². The Kier molecular flexibility index (Phi) is 3.32. The second-order valence-corrected chi connectivity index (χ2v) is 4.60. The van der Waals surface area contributed by atoms with Crippen LogP contribution in [0, 0.1) is 11.6 Å². The maximum absolute atomic E-state index is 13.3. The molecule has 2 rings (SSSR count). The smallest absolute Gasteiger partial charge is 0.141 e. The van der Waals surface area contributed by atoms with E-state index in [2.05, 4.69) is 4.98 Å². The number of halogens is 3. The summed E-state index contributed by atoms with van der Waals surface area (Å²) in [7, 11) is 0. The molecular weight excluding hydrogens is 258 g/mol. The first-order chi connectivity index (χ1) is 8.41. The maximum Gasteiger partial charge on any atom is 0.141 e. The van der Waals surface area contributed by atoms with Crippen molar-refractivity contribution in [2.75, 3.05) is 0 Å². The molecule has 0 spiro atoms. The van der Waals surface area contributed by atoms with Crippen LogP contribution in [0.2, 0.25) is 5.02 Å². The Balaban J connectivity index is 2.53. The molecule has 1 heterocycles. The van der Waals surface area contributed by atoms with Gasteiger partial charge in [0.05, 0.1) is 17.4 Å². The molecule has 94 valence electrons. The lowest BCUT2D eigenvalue weighted by atomic mass is 9.89. The van der Waals surface area contributed by atoms with Crippen molar-refractivity contribution in [3.05, 3.63) is 64.4 Å². The van der Waals surface area contributed by atoms with E-state index in [1.807, 2.05) is 0 Å². The molecule has 1 unspecified atom stereocenters. The molecular formula is C13H11ClF2N2. The number of aromatic nitrogens is 1. The zero-order chi connectivity index (χ0) is 13.3. The lowest BCUT2D eigenvalue weighted by Crippen LogP contribution is -2.35. The van der Waals surface area contributed by atoms with Gasteiger partial charge >= 0.3 is 0 Å². The van der Waals surface area contributed by atoms with Gasteiger partial charge in [-0.25, -0.2) is 8.78 Å². The van der Waals surface area contributed by atoms with Crippen molar-refractivity contribution in [1.82, 2.24) is 4.98 Å². The van der Waals surface area contributed by atoms with Gasteiger partial charge in [0.1, 0.15) is 11.6 Å². The summed E-state index contributed by atoms with van der Waals surface area (Å²) in [5.41, 5.74) is 5.87. The normalized spacial score (nSPS) is 14.3. The van der Waals surface area contributed by atoms with Crippen molar-refractivity contribution < 1.29 is 8.78 Å². The molecule has 0 amide bonds. The molecule has 0 radical (unpaired) electrons. The zero-order valence-corrected chi connectivity index (χ0v) is 10.4. The van der Waals surface area contributed by atoms with Crippen LogP contribution in [0.25, 0.3) is 0 Å². The lowest BCUT2D eigenvalue weighted by Gasteiger charge is -2.25. The van der Waals surface area contributed by atoms with Crippen LogP contribution in [0.5, 0.6) is 0 Å². The first-order valence-corrected chi connectivity index (χ1v) is 5.65. The summed E-state index contributed by atoms with van der Waals surface area (Å²) in [5, 5.41) is 0.340. The average molecular weight is 269 g/mol. The summed E-state index contributed by atoms with van der Waals surface area (Å²) < 4.78 is 26.1. The Morgan fingerprint density at radius 3 is 2.44 bits per heavy atom. The van der Waals surface area contributed by atoms with Gasteiger partial charge in [0.25, 0.3) is 0 Å². The molecule has 0 fully saturated rings. The fourth-order valence-electron chi connectivity index (χ4n) is 1.72. The molecule has 5 heteroatoms. The van der Waals surface area contributed by atoms with Gasteiger partial charge in [-0.2, -0.15) is 0 Å². The molecule has 1 atom stereocenters. The van der Waals surface area contributed by atoms with Crippen LogP contribution in [0.1, 0.15) is 18.2 Å². The Bertz CT molecular complexity index is 568. The Morgan fingerprint density at radius 2 is 1.83 bits per heavy atom. The molecule has 0 bridgehead atoms. The number of hydrogen-bond acceptors (Lipinski definition) is 2. The van der Waals surface area contributed by atoms with E-state index in [0.29, 0.717) is 16.3 Å². The van der Waals surface area contributed by atoms with Crippen LogP contribution in [0.4, 0.5) is 8.78 Å². The minimum atomic E-state index is -1.09. The largest absolute Gasteiger partial charge is 0.317 e. The molecule has 2 nitrogen and oxygen atoms in total. The summed E-state index contributed by atoms with van der Waals surface area (Å²) in [5.74, 6) is -0.895. The van der Waals surface area contributed by atoms with Crippen molar-refractivity contribution in [2.24, 2.45) is 5.73 Å². The number of benzene rings is 1. The SMILES string of the molecule is CC(N)(c1ccc(F)cn1)c1cc(F)ccc1Cl. The summed E-state index contributed by atoms with van der Waals surface area (Å²) in [6.07, 6.45) is 1.06. The predicted molar refractivity (Wildman–Crippen MR) is 66.2 cm³/mol. The molecule has 1 aromatic heterocycles.